The van der Waals surface area contributed by atoms with Crippen molar-refractivity contribution >= 4 is 0 Å². The molecule has 3 N–H and O–H groups in total. The number of hydrazine groups is 1. The van der Waals surface area contributed by atoms with Gasteiger partial charge in [0.25, 0.3) is 0 Å². The van der Waals surface area contributed by atoms with Gasteiger partial charge in [0.2, 0.25) is 0 Å². The van der Waals surface area contributed by atoms with Crippen molar-refractivity contribution in [3.05, 3.63) is 35.6 Å². The van der Waals surface area contributed by atoms with Gasteiger partial charge in [-0.15, -0.1) is 0 Å². The summed E-state index contributed by atoms with van der Waals surface area (Å²) >= 11 is 0. The number of benzene rings is 1. The standard InChI is InChI=1S/C13H19FN2O/c1-13(8-4-5-9-17-13)12(16-15)10-6-2-3-7-11(10)14/h2-3,6-7,12,16H,4-5,8-9,15H2,1H3. The molecule has 0 radical (unpaired) electrons. The first-order valence-corrected chi connectivity index (χ1v) is 6.02. The zero-order chi connectivity index (χ0) is 12.3. The van der Waals surface area contributed by atoms with Crippen LogP contribution >= 0.6 is 0 Å². The van der Waals surface area contributed by atoms with E-state index in [9.17, 15) is 4.39 Å². The molecular weight excluding hydrogens is 219 g/mol. The van der Waals surface area contributed by atoms with Gasteiger partial charge in [-0.2, -0.15) is 0 Å². The Bertz CT molecular complexity index is 377. The summed E-state index contributed by atoms with van der Waals surface area (Å²) in [6.45, 7) is 2.70. The van der Waals surface area contributed by atoms with Crippen molar-refractivity contribution in [1.82, 2.24) is 5.43 Å². The fourth-order valence-corrected chi connectivity index (χ4v) is 2.49. The number of hydrogen-bond donors (Lipinski definition) is 2. The fourth-order valence-electron chi connectivity index (χ4n) is 2.49. The van der Waals surface area contributed by atoms with Crippen LogP contribution in [0, 0.1) is 5.82 Å². The summed E-state index contributed by atoms with van der Waals surface area (Å²) in [6, 6.07) is 6.38. The molecule has 0 saturated carbocycles. The van der Waals surface area contributed by atoms with Crippen molar-refractivity contribution in [3.8, 4) is 0 Å². The number of ether oxygens (including phenoxy) is 1. The van der Waals surface area contributed by atoms with Crippen LogP contribution in [0.2, 0.25) is 0 Å². The summed E-state index contributed by atoms with van der Waals surface area (Å²) in [4.78, 5) is 0. The maximum absolute atomic E-state index is 13.8. The Morgan fingerprint density at radius 3 is 2.76 bits per heavy atom. The summed E-state index contributed by atoms with van der Waals surface area (Å²) in [5, 5.41) is 0. The number of hydrogen-bond acceptors (Lipinski definition) is 3. The van der Waals surface area contributed by atoms with Gasteiger partial charge in [-0.3, -0.25) is 5.84 Å². The van der Waals surface area contributed by atoms with Crippen LogP contribution in [-0.2, 0) is 4.74 Å². The van der Waals surface area contributed by atoms with E-state index in [4.69, 9.17) is 10.6 Å². The highest BCUT2D eigenvalue weighted by molar-refractivity contribution is 5.24. The molecule has 17 heavy (non-hydrogen) atoms. The average molecular weight is 238 g/mol. The molecule has 1 saturated heterocycles. The predicted octanol–water partition coefficient (Wildman–Crippen LogP) is 2.29. The molecular formula is C13H19FN2O. The van der Waals surface area contributed by atoms with Gasteiger partial charge in [-0.25, -0.2) is 9.82 Å². The summed E-state index contributed by atoms with van der Waals surface area (Å²) in [6.07, 6.45) is 3.03. The van der Waals surface area contributed by atoms with Gasteiger partial charge < -0.3 is 4.74 Å². The van der Waals surface area contributed by atoms with E-state index in [1.54, 1.807) is 12.1 Å². The molecule has 0 spiro atoms. The van der Waals surface area contributed by atoms with Crippen molar-refractivity contribution in [2.75, 3.05) is 6.61 Å². The minimum atomic E-state index is -0.435. The second-order valence-electron chi connectivity index (χ2n) is 4.74. The van der Waals surface area contributed by atoms with Crippen LogP contribution in [0.1, 0.15) is 37.8 Å². The lowest BCUT2D eigenvalue weighted by atomic mass is 9.84. The quantitative estimate of drug-likeness (QED) is 0.627. The SMILES string of the molecule is CC1(C(NN)c2ccccc2F)CCCCO1. The Labute approximate surface area is 101 Å². The lowest BCUT2D eigenvalue weighted by molar-refractivity contribution is -0.0905. The third-order valence-corrected chi connectivity index (χ3v) is 3.49. The minimum Gasteiger partial charge on any atom is -0.373 e. The first-order valence-electron chi connectivity index (χ1n) is 6.02. The molecule has 1 aliphatic heterocycles. The average Bonchev–Trinajstić information content (AvgIpc) is 2.33. The van der Waals surface area contributed by atoms with Crippen LogP contribution in [0.25, 0.3) is 0 Å². The van der Waals surface area contributed by atoms with Crippen molar-refractivity contribution in [3.63, 3.8) is 0 Å². The zero-order valence-electron chi connectivity index (χ0n) is 10.1. The molecule has 2 atom stereocenters. The number of nitrogens with two attached hydrogens (primary N) is 1. The van der Waals surface area contributed by atoms with E-state index in [-0.39, 0.29) is 11.9 Å². The van der Waals surface area contributed by atoms with Crippen molar-refractivity contribution in [1.29, 1.82) is 0 Å². The van der Waals surface area contributed by atoms with Gasteiger partial charge in [-0.05, 0) is 32.3 Å². The Kier molecular flexibility index (Phi) is 3.76. The molecule has 2 rings (SSSR count). The summed E-state index contributed by atoms with van der Waals surface area (Å²) < 4.78 is 19.6. The number of rotatable bonds is 3. The lowest BCUT2D eigenvalue weighted by Crippen LogP contribution is -2.48. The Balaban J connectivity index is 2.29. The number of halogens is 1. The van der Waals surface area contributed by atoms with Crippen LogP contribution in [0.4, 0.5) is 4.39 Å². The molecule has 1 aliphatic rings. The van der Waals surface area contributed by atoms with Crippen molar-refractivity contribution < 1.29 is 9.13 Å². The van der Waals surface area contributed by atoms with Gasteiger partial charge in [0.1, 0.15) is 5.82 Å². The Morgan fingerprint density at radius 2 is 2.18 bits per heavy atom. The molecule has 0 bridgehead atoms. The molecule has 94 valence electrons. The monoisotopic (exact) mass is 238 g/mol. The van der Waals surface area contributed by atoms with E-state index >= 15 is 0 Å². The largest absolute Gasteiger partial charge is 0.373 e. The topological polar surface area (TPSA) is 47.3 Å². The fraction of sp³-hybridized carbons (Fsp3) is 0.538. The van der Waals surface area contributed by atoms with E-state index in [0.717, 1.165) is 19.3 Å². The van der Waals surface area contributed by atoms with Crippen LogP contribution in [0.3, 0.4) is 0 Å². The molecule has 1 heterocycles. The highest BCUT2D eigenvalue weighted by atomic mass is 19.1. The van der Waals surface area contributed by atoms with Crippen LogP contribution in [0.5, 0.6) is 0 Å². The molecule has 4 heteroatoms. The molecule has 3 nitrogen and oxygen atoms in total. The molecule has 0 amide bonds. The van der Waals surface area contributed by atoms with Crippen LogP contribution < -0.4 is 11.3 Å². The molecule has 1 fully saturated rings. The Morgan fingerprint density at radius 1 is 1.41 bits per heavy atom. The summed E-state index contributed by atoms with van der Waals surface area (Å²) in [5.41, 5.74) is 2.84. The molecule has 2 unspecified atom stereocenters. The summed E-state index contributed by atoms with van der Waals surface area (Å²) in [5.74, 6) is 5.35. The van der Waals surface area contributed by atoms with Crippen LogP contribution in [0.15, 0.2) is 24.3 Å². The first kappa shape index (κ1) is 12.5. The second-order valence-corrected chi connectivity index (χ2v) is 4.74. The van der Waals surface area contributed by atoms with E-state index in [0.29, 0.717) is 12.2 Å². The molecule has 0 aliphatic carbocycles. The van der Waals surface area contributed by atoms with Gasteiger partial charge in [0.15, 0.2) is 0 Å². The van der Waals surface area contributed by atoms with Gasteiger partial charge in [0, 0.05) is 12.2 Å². The Hall–Kier alpha value is -0.970. The van der Waals surface area contributed by atoms with Gasteiger partial charge in [0.05, 0.1) is 11.6 Å². The van der Waals surface area contributed by atoms with Crippen LogP contribution in [-0.4, -0.2) is 12.2 Å². The normalized spacial score (nSPS) is 26.8. The van der Waals surface area contributed by atoms with Crippen molar-refractivity contribution in [2.24, 2.45) is 5.84 Å². The van der Waals surface area contributed by atoms with E-state index < -0.39 is 5.60 Å². The van der Waals surface area contributed by atoms with E-state index in [2.05, 4.69) is 5.43 Å². The summed E-state index contributed by atoms with van der Waals surface area (Å²) in [7, 11) is 0. The highest BCUT2D eigenvalue weighted by Crippen LogP contribution is 2.36. The molecule has 1 aromatic carbocycles. The minimum absolute atomic E-state index is 0.245. The van der Waals surface area contributed by atoms with Gasteiger partial charge >= 0.3 is 0 Å². The van der Waals surface area contributed by atoms with Gasteiger partial charge in [-0.1, -0.05) is 18.2 Å². The van der Waals surface area contributed by atoms with E-state index in [1.165, 1.54) is 6.07 Å². The lowest BCUT2D eigenvalue weighted by Gasteiger charge is -2.40. The molecule has 0 aromatic heterocycles. The highest BCUT2D eigenvalue weighted by Gasteiger charge is 2.38. The smallest absolute Gasteiger partial charge is 0.128 e. The maximum Gasteiger partial charge on any atom is 0.128 e. The first-order chi connectivity index (χ1) is 8.17. The second kappa shape index (κ2) is 5.12. The number of nitrogens with one attached hydrogen (secondary N) is 1. The maximum atomic E-state index is 13.8. The van der Waals surface area contributed by atoms with E-state index in [1.807, 2.05) is 13.0 Å². The zero-order valence-corrected chi connectivity index (χ0v) is 10.1. The van der Waals surface area contributed by atoms with Crippen molar-refractivity contribution in [2.45, 2.75) is 37.8 Å². The third-order valence-electron chi connectivity index (χ3n) is 3.49. The predicted molar refractivity (Wildman–Crippen MR) is 64.7 cm³/mol. The third kappa shape index (κ3) is 2.49. The molecule has 1 aromatic rings.